The van der Waals surface area contributed by atoms with Crippen LogP contribution in [0.25, 0.3) is 0 Å². The summed E-state index contributed by atoms with van der Waals surface area (Å²) in [4.78, 5) is 33.2. The van der Waals surface area contributed by atoms with Gasteiger partial charge in [-0.15, -0.1) is 11.6 Å². The lowest BCUT2D eigenvalue weighted by molar-refractivity contribution is -0.171. The highest BCUT2D eigenvalue weighted by atomic mass is 35.5. The maximum absolute atomic E-state index is 11.3. The molecule has 0 rings (SSSR count). The zero-order valence-electron chi connectivity index (χ0n) is 9.12. The van der Waals surface area contributed by atoms with E-state index in [2.05, 4.69) is 11.3 Å². The predicted molar refractivity (Wildman–Crippen MR) is 56.8 cm³/mol. The van der Waals surface area contributed by atoms with Crippen LogP contribution in [0.2, 0.25) is 0 Å². The van der Waals surface area contributed by atoms with Gasteiger partial charge in [0.1, 0.15) is 5.88 Å². The fraction of sp³-hybridized carbons (Fsp3) is 0.500. The molecule has 0 N–H and O–H groups in total. The molecule has 6 heteroatoms. The smallest absolute Gasteiger partial charge is 0.355 e. The third-order valence-corrected chi connectivity index (χ3v) is 1.77. The van der Waals surface area contributed by atoms with Crippen molar-refractivity contribution in [1.29, 1.82) is 0 Å². The molecule has 0 aromatic rings. The van der Waals surface area contributed by atoms with E-state index in [0.29, 0.717) is 0 Å². The second-order valence-electron chi connectivity index (χ2n) is 3.01. The number of alkyl halides is 1. The second kappa shape index (κ2) is 7.00. The molecule has 0 aromatic heterocycles. The molecule has 0 aromatic carbocycles. The Balaban J connectivity index is 4.38. The van der Waals surface area contributed by atoms with Gasteiger partial charge in [0.2, 0.25) is 0 Å². The Bertz CT molecular complexity index is 310. The van der Waals surface area contributed by atoms with Gasteiger partial charge < -0.3 is 9.47 Å². The Morgan fingerprint density at radius 2 is 1.94 bits per heavy atom. The van der Waals surface area contributed by atoms with Crippen molar-refractivity contribution in [2.45, 2.75) is 26.4 Å². The zero-order chi connectivity index (χ0) is 12.7. The lowest BCUT2D eigenvalue weighted by Gasteiger charge is -2.13. The first kappa shape index (κ1) is 14.6. The van der Waals surface area contributed by atoms with Crippen LogP contribution in [0.15, 0.2) is 12.2 Å². The summed E-state index contributed by atoms with van der Waals surface area (Å²) >= 11 is 5.15. The van der Waals surface area contributed by atoms with Crippen LogP contribution in [0.1, 0.15) is 20.3 Å². The summed E-state index contributed by atoms with van der Waals surface area (Å²) in [5.41, 5.74) is 0.162. The summed E-state index contributed by atoms with van der Waals surface area (Å²) in [6.07, 6.45) is -0.913. The third-order valence-electron chi connectivity index (χ3n) is 1.55. The molecule has 90 valence electrons. The Labute approximate surface area is 98.3 Å². The fourth-order valence-electron chi connectivity index (χ4n) is 0.733. The zero-order valence-corrected chi connectivity index (χ0v) is 9.87. The van der Waals surface area contributed by atoms with E-state index in [-0.39, 0.29) is 12.0 Å². The number of hydrogen-bond acceptors (Lipinski definition) is 5. The van der Waals surface area contributed by atoms with Crippen molar-refractivity contribution in [2.75, 3.05) is 5.88 Å². The van der Waals surface area contributed by atoms with Crippen LogP contribution in [0, 0.1) is 0 Å². The Morgan fingerprint density at radius 3 is 2.31 bits per heavy atom. The summed E-state index contributed by atoms with van der Waals surface area (Å²) < 4.78 is 9.08. The van der Waals surface area contributed by atoms with Gasteiger partial charge in [0, 0.05) is 5.57 Å². The van der Waals surface area contributed by atoms with Gasteiger partial charge in [-0.2, -0.15) is 0 Å². The van der Waals surface area contributed by atoms with Gasteiger partial charge in [-0.3, -0.25) is 4.79 Å². The first-order valence-corrected chi connectivity index (χ1v) is 5.12. The first-order valence-electron chi connectivity index (χ1n) is 4.59. The van der Waals surface area contributed by atoms with Crippen molar-refractivity contribution in [2.24, 2.45) is 0 Å². The predicted octanol–water partition coefficient (Wildman–Crippen LogP) is 1.19. The van der Waals surface area contributed by atoms with Crippen molar-refractivity contribution in [3.8, 4) is 0 Å². The van der Waals surface area contributed by atoms with Crippen molar-refractivity contribution >= 4 is 29.5 Å². The summed E-state index contributed by atoms with van der Waals surface area (Å²) in [5, 5.41) is 0. The van der Waals surface area contributed by atoms with E-state index in [1.807, 2.05) is 0 Å². The number of carbonyl (C=O) groups is 3. The van der Waals surface area contributed by atoms with Crippen LogP contribution < -0.4 is 0 Å². The van der Waals surface area contributed by atoms with Crippen LogP contribution >= 0.6 is 11.6 Å². The maximum atomic E-state index is 11.3. The van der Waals surface area contributed by atoms with E-state index in [1.54, 1.807) is 6.92 Å². The third kappa shape index (κ3) is 4.93. The summed E-state index contributed by atoms with van der Waals surface area (Å²) in [6, 6.07) is 0. The van der Waals surface area contributed by atoms with Gasteiger partial charge in [-0.05, 0) is 13.3 Å². The largest absolute Gasteiger partial charge is 0.447 e. The highest BCUT2D eigenvalue weighted by molar-refractivity contribution is 6.27. The minimum absolute atomic E-state index is 0.162. The van der Waals surface area contributed by atoms with Crippen molar-refractivity contribution in [3.63, 3.8) is 0 Å². The van der Waals surface area contributed by atoms with Crippen LogP contribution in [-0.2, 0) is 23.9 Å². The quantitative estimate of drug-likeness (QED) is 0.316. The molecule has 1 atom stereocenters. The minimum atomic E-state index is -1.11. The molecule has 0 amide bonds. The Hall–Kier alpha value is -1.36. The molecule has 0 spiro atoms. The molecule has 0 aliphatic rings. The molecule has 16 heavy (non-hydrogen) atoms. The van der Waals surface area contributed by atoms with Gasteiger partial charge in [-0.1, -0.05) is 13.5 Å². The molecule has 0 saturated carbocycles. The van der Waals surface area contributed by atoms with E-state index >= 15 is 0 Å². The lowest BCUT2D eigenvalue weighted by Crippen LogP contribution is -2.30. The van der Waals surface area contributed by atoms with Crippen LogP contribution in [0.5, 0.6) is 0 Å². The molecule has 0 heterocycles. The number of ether oxygens (including phenoxy) is 2. The topological polar surface area (TPSA) is 69.7 Å². The molecule has 0 bridgehead atoms. The van der Waals surface area contributed by atoms with Gasteiger partial charge in [0.05, 0.1) is 0 Å². The molecule has 0 saturated heterocycles. The normalized spacial score (nSPS) is 11.4. The monoisotopic (exact) mass is 248 g/mol. The number of carbonyl (C=O) groups excluding carboxylic acids is 3. The van der Waals surface area contributed by atoms with Crippen LogP contribution in [0.4, 0.5) is 0 Å². The van der Waals surface area contributed by atoms with Gasteiger partial charge in [0.15, 0.2) is 6.10 Å². The van der Waals surface area contributed by atoms with E-state index in [0.717, 1.165) is 0 Å². The molecule has 0 aliphatic carbocycles. The summed E-state index contributed by atoms with van der Waals surface area (Å²) in [6.45, 7) is 6.43. The second-order valence-corrected chi connectivity index (χ2v) is 3.28. The minimum Gasteiger partial charge on any atom is -0.447 e. The van der Waals surface area contributed by atoms with Crippen molar-refractivity contribution < 1.29 is 23.9 Å². The maximum Gasteiger partial charge on any atom is 0.355 e. The number of esters is 3. The molecular weight excluding hydrogens is 236 g/mol. The van der Waals surface area contributed by atoms with Gasteiger partial charge in [0.25, 0.3) is 0 Å². The fourth-order valence-corrected chi connectivity index (χ4v) is 0.788. The van der Waals surface area contributed by atoms with Crippen molar-refractivity contribution in [1.82, 2.24) is 0 Å². The molecular formula is C10H13ClO5. The SMILES string of the molecule is C=C(C)C(=O)OC(CC)C(=O)OC(=O)CCl. The number of hydrogen-bond donors (Lipinski definition) is 0. The molecule has 1 unspecified atom stereocenters. The van der Waals surface area contributed by atoms with Crippen LogP contribution in [-0.4, -0.2) is 29.9 Å². The molecule has 0 radical (unpaired) electrons. The standard InChI is InChI=1S/C10H13ClO5/c1-4-7(15-9(13)6(2)3)10(14)16-8(12)5-11/h7H,2,4-5H2,1,3H3. The Kier molecular flexibility index (Phi) is 6.41. The summed E-state index contributed by atoms with van der Waals surface area (Å²) in [7, 11) is 0. The molecule has 0 fully saturated rings. The van der Waals surface area contributed by atoms with Crippen LogP contribution in [0.3, 0.4) is 0 Å². The number of rotatable bonds is 5. The lowest BCUT2D eigenvalue weighted by atomic mass is 10.2. The number of halogens is 1. The van der Waals surface area contributed by atoms with Gasteiger partial charge in [-0.25, -0.2) is 9.59 Å². The van der Waals surface area contributed by atoms with Gasteiger partial charge >= 0.3 is 17.9 Å². The van der Waals surface area contributed by atoms with E-state index < -0.39 is 29.9 Å². The first-order chi connectivity index (χ1) is 7.42. The highest BCUT2D eigenvalue weighted by Gasteiger charge is 2.24. The Morgan fingerprint density at radius 1 is 1.38 bits per heavy atom. The van der Waals surface area contributed by atoms with E-state index in [4.69, 9.17) is 16.3 Å². The summed E-state index contributed by atoms with van der Waals surface area (Å²) in [5.74, 6) is -2.95. The average molecular weight is 249 g/mol. The van der Waals surface area contributed by atoms with E-state index in [9.17, 15) is 14.4 Å². The average Bonchev–Trinajstić information content (AvgIpc) is 2.24. The highest BCUT2D eigenvalue weighted by Crippen LogP contribution is 2.05. The molecule has 5 nitrogen and oxygen atoms in total. The molecule has 0 aliphatic heterocycles. The van der Waals surface area contributed by atoms with Crippen molar-refractivity contribution in [3.05, 3.63) is 12.2 Å². The van der Waals surface area contributed by atoms with E-state index in [1.165, 1.54) is 6.92 Å².